The van der Waals surface area contributed by atoms with E-state index in [-0.39, 0.29) is 6.54 Å². The summed E-state index contributed by atoms with van der Waals surface area (Å²) in [5, 5.41) is 0. The monoisotopic (exact) mass is 353 g/mol. The molecular formula is C19H19N3O4. The van der Waals surface area contributed by atoms with Gasteiger partial charge in [0.15, 0.2) is 0 Å². The maximum absolute atomic E-state index is 12.8. The van der Waals surface area contributed by atoms with E-state index in [9.17, 15) is 9.59 Å². The van der Waals surface area contributed by atoms with E-state index < -0.39 is 17.6 Å². The van der Waals surface area contributed by atoms with Gasteiger partial charge >= 0.3 is 17.6 Å². The second-order valence-corrected chi connectivity index (χ2v) is 5.33. The topological polar surface area (TPSA) is 92.2 Å². The number of benzene rings is 2. The third-order valence-electron chi connectivity index (χ3n) is 3.78. The summed E-state index contributed by atoms with van der Waals surface area (Å²) in [6, 6.07) is 16.4. The van der Waals surface area contributed by atoms with Gasteiger partial charge in [-0.3, -0.25) is 4.79 Å². The average molecular weight is 353 g/mol. The molecule has 1 amide bonds. The van der Waals surface area contributed by atoms with Gasteiger partial charge in [0.2, 0.25) is 0 Å². The van der Waals surface area contributed by atoms with Crippen molar-refractivity contribution >= 4 is 23.3 Å². The molecule has 2 aromatic carbocycles. The maximum atomic E-state index is 12.8. The molecule has 0 fully saturated rings. The Morgan fingerprint density at radius 2 is 1.69 bits per heavy atom. The lowest BCUT2D eigenvalue weighted by Gasteiger charge is -2.21. The molecule has 0 aliphatic carbocycles. The van der Waals surface area contributed by atoms with Gasteiger partial charge in [0, 0.05) is 12.2 Å². The van der Waals surface area contributed by atoms with E-state index in [1.165, 1.54) is 4.90 Å². The van der Waals surface area contributed by atoms with Crippen LogP contribution in [0.25, 0.3) is 5.53 Å². The molecule has 0 N–H and O–H groups in total. The molecule has 2 aromatic rings. The average Bonchev–Trinajstić information content (AvgIpc) is 2.69. The maximum Gasteiger partial charge on any atom is 0.463 e. The van der Waals surface area contributed by atoms with Crippen molar-refractivity contribution in [2.24, 2.45) is 0 Å². The van der Waals surface area contributed by atoms with Crippen LogP contribution in [-0.2, 0) is 20.7 Å². The fourth-order valence-electron chi connectivity index (χ4n) is 2.39. The predicted octanol–water partition coefficient (Wildman–Crippen LogP) is 2.11. The van der Waals surface area contributed by atoms with E-state index in [1.54, 1.807) is 31.4 Å². The second kappa shape index (κ2) is 9.15. The Hall–Kier alpha value is -3.44. The van der Waals surface area contributed by atoms with Gasteiger partial charge in [-0.2, -0.15) is 4.79 Å². The molecule has 0 saturated heterocycles. The Labute approximate surface area is 151 Å². The fraction of sp³-hybridized carbons (Fsp3) is 0.211. The molecule has 0 radical (unpaired) electrons. The summed E-state index contributed by atoms with van der Waals surface area (Å²) in [5.74, 6) is -1.12. The Morgan fingerprint density at radius 1 is 1.04 bits per heavy atom. The molecule has 0 atom stereocenters. The highest BCUT2D eigenvalue weighted by Gasteiger charge is 2.35. The molecule has 2 rings (SSSR count). The summed E-state index contributed by atoms with van der Waals surface area (Å²) in [6.45, 7) is 0.283. The van der Waals surface area contributed by atoms with Crippen LogP contribution in [0.4, 0.5) is 5.69 Å². The zero-order valence-electron chi connectivity index (χ0n) is 14.6. The van der Waals surface area contributed by atoms with E-state index >= 15 is 0 Å². The van der Waals surface area contributed by atoms with Crippen molar-refractivity contribution in [3.8, 4) is 5.75 Å². The molecule has 26 heavy (non-hydrogen) atoms. The van der Waals surface area contributed by atoms with E-state index in [2.05, 4.69) is 9.53 Å². The first-order valence-electron chi connectivity index (χ1n) is 7.91. The number of esters is 1. The second-order valence-electron chi connectivity index (χ2n) is 5.33. The first-order valence-corrected chi connectivity index (χ1v) is 7.91. The van der Waals surface area contributed by atoms with E-state index in [1.807, 2.05) is 30.3 Å². The molecule has 0 aliphatic heterocycles. The number of carbonyl (C=O) groups excluding carboxylic acids is 2. The van der Waals surface area contributed by atoms with Crippen molar-refractivity contribution in [3.63, 3.8) is 0 Å². The lowest BCUT2D eigenvalue weighted by Crippen LogP contribution is -2.42. The van der Waals surface area contributed by atoms with Crippen LogP contribution in [-0.4, -0.2) is 43.1 Å². The summed E-state index contributed by atoms with van der Waals surface area (Å²) in [4.78, 5) is 28.6. The minimum Gasteiger partial charge on any atom is -0.497 e. The van der Waals surface area contributed by atoms with Gasteiger partial charge in [0.25, 0.3) is 0 Å². The lowest BCUT2D eigenvalue weighted by atomic mass is 10.1. The number of hydrogen-bond acceptors (Lipinski definition) is 4. The number of hydrogen-bond donors (Lipinski definition) is 0. The molecule has 7 heteroatoms. The van der Waals surface area contributed by atoms with Gasteiger partial charge in [0.1, 0.15) is 5.75 Å². The Kier molecular flexibility index (Phi) is 6.65. The van der Waals surface area contributed by atoms with Crippen LogP contribution < -0.4 is 9.64 Å². The van der Waals surface area contributed by atoms with Crippen LogP contribution >= 0.6 is 0 Å². The van der Waals surface area contributed by atoms with Gasteiger partial charge in [-0.25, -0.2) is 4.79 Å². The Morgan fingerprint density at radius 3 is 2.23 bits per heavy atom. The van der Waals surface area contributed by atoms with Crippen molar-refractivity contribution < 1.29 is 23.9 Å². The van der Waals surface area contributed by atoms with Crippen LogP contribution in [0.1, 0.15) is 5.56 Å². The highest BCUT2D eigenvalue weighted by molar-refractivity contribution is 6.64. The first kappa shape index (κ1) is 18.9. The summed E-state index contributed by atoms with van der Waals surface area (Å²) < 4.78 is 9.63. The molecule has 0 spiro atoms. The quantitative estimate of drug-likeness (QED) is 0.251. The number of carbonyl (C=O) groups is 2. The van der Waals surface area contributed by atoms with Crippen LogP contribution in [0.5, 0.6) is 5.75 Å². The third-order valence-corrected chi connectivity index (χ3v) is 3.78. The molecule has 0 aromatic heterocycles. The van der Waals surface area contributed by atoms with Crippen molar-refractivity contribution in [3.05, 3.63) is 65.7 Å². The van der Waals surface area contributed by atoms with Gasteiger partial charge in [-0.15, -0.1) is 0 Å². The number of nitrogens with zero attached hydrogens (tertiary/aromatic N) is 3. The minimum atomic E-state index is -1.00. The fourth-order valence-corrected chi connectivity index (χ4v) is 2.39. The van der Waals surface area contributed by atoms with E-state index in [0.29, 0.717) is 17.9 Å². The lowest BCUT2D eigenvalue weighted by molar-refractivity contribution is -0.139. The van der Waals surface area contributed by atoms with Crippen molar-refractivity contribution in [1.29, 1.82) is 0 Å². The highest BCUT2D eigenvalue weighted by Crippen LogP contribution is 2.20. The van der Waals surface area contributed by atoms with Gasteiger partial charge < -0.3 is 19.9 Å². The molecule has 0 aliphatic rings. The summed E-state index contributed by atoms with van der Waals surface area (Å²) in [6.07, 6.45) is 0.554. The predicted molar refractivity (Wildman–Crippen MR) is 96.1 cm³/mol. The van der Waals surface area contributed by atoms with Crippen molar-refractivity contribution in [2.75, 3.05) is 25.7 Å². The zero-order valence-corrected chi connectivity index (χ0v) is 14.6. The molecule has 0 unspecified atom stereocenters. The summed E-state index contributed by atoms with van der Waals surface area (Å²) in [7, 11) is 2.66. The third kappa shape index (κ3) is 4.55. The summed E-state index contributed by atoms with van der Waals surface area (Å²) in [5.41, 5.74) is 9.96. The molecule has 0 heterocycles. The number of rotatable bonds is 7. The van der Waals surface area contributed by atoms with E-state index in [0.717, 1.165) is 12.7 Å². The zero-order chi connectivity index (χ0) is 18.9. The van der Waals surface area contributed by atoms with Crippen molar-refractivity contribution in [1.82, 2.24) is 0 Å². The standard InChI is InChI=1S/C19H19N3O4/c1-25-16-10-8-15(9-11-16)22(13-12-14-6-4-3-5-7-14)18(23)17(21-20)19(24)26-2/h3-11H,12-13H2,1-2H3. The molecular weight excluding hydrogens is 334 g/mol. The molecule has 0 bridgehead atoms. The minimum absolute atomic E-state index is 0.283. The SMILES string of the molecule is COC(=O)C(=[N+]=[N-])C(=O)N(CCc1ccccc1)c1ccc(OC)cc1. The smallest absolute Gasteiger partial charge is 0.463 e. The Bertz CT molecular complexity index is 812. The van der Waals surface area contributed by atoms with Gasteiger partial charge in [-0.05, 0) is 36.2 Å². The normalized spacial score (nSPS) is 9.77. The molecule has 0 saturated carbocycles. The van der Waals surface area contributed by atoms with Crippen LogP contribution in [0.2, 0.25) is 0 Å². The van der Waals surface area contributed by atoms with Crippen LogP contribution in [0, 0.1) is 0 Å². The van der Waals surface area contributed by atoms with Gasteiger partial charge in [-0.1, -0.05) is 30.3 Å². The number of ether oxygens (including phenoxy) is 2. The van der Waals surface area contributed by atoms with Gasteiger partial charge in [0.05, 0.1) is 14.2 Å². The number of anilines is 1. The molecule has 7 nitrogen and oxygen atoms in total. The van der Waals surface area contributed by atoms with Crippen molar-refractivity contribution in [2.45, 2.75) is 6.42 Å². The summed E-state index contributed by atoms with van der Waals surface area (Å²) >= 11 is 0. The van der Waals surface area contributed by atoms with E-state index in [4.69, 9.17) is 10.3 Å². The number of methoxy groups -OCH3 is 2. The largest absolute Gasteiger partial charge is 0.497 e. The molecule has 134 valence electrons. The van der Waals surface area contributed by atoms with Crippen LogP contribution in [0.15, 0.2) is 54.6 Å². The highest BCUT2D eigenvalue weighted by atomic mass is 16.5. The number of amides is 1. The van der Waals surface area contributed by atoms with Crippen LogP contribution in [0.3, 0.4) is 0 Å². The Balaban J connectivity index is 2.31. The first-order chi connectivity index (χ1) is 12.6.